The molecule has 0 unspecified atom stereocenters. The Morgan fingerprint density at radius 1 is 0.344 bits per heavy atom. The average molecular weight is 795 g/mol. The molecule has 0 saturated heterocycles. The molecule has 1 heteroatoms. The molecule has 288 valence electrons. The number of rotatable bonds is 3. The molecule has 0 atom stereocenters. The highest BCUT2D eigenvalue weighted by Crippen LogP contribution is 2.56. The largest absolute Gasteiger partial charge is 0.135 e. The van der Waals surface area contributed by atoms with Gasteiger partial charge in [0.25, 0.3) is 0 Å². The Hall–Kier alpha value is -6.80. The molecule has 0 N–H and O–H groups in total. The molecule has 0 amide bonds. The minimum atomic E-state index is -0.174. The van der Waals surface area contributed by atoms with Gasteiger partial charge in [-0.3, -0.25) is 0 Å². The normalized spacial score (nSPS) is 14.5. The van der Waals surface area contributed by atoms with Crippen LogP contribution in [0.3, 0.4) is 0 Å². The van der Waals surface area contributed by atoms with Crippen molar-refractivity contribution in [2.24, 2.45) is 0 Å². The molecule has 0 fully saturated rings. The van der Waals surface area contributed by atoms with Gasteiger partial charge in [-0.2, -0.15) is 0 Å². The number of hydrogen-bond donors (Lipinski definition) is 0. The monoisotopic (exact) mass is 794 g/mol. The van der Waals surface area contributed by atoms with Crippen molar-refractivity contribution >= 4 is 63.8 Å². The van der Waals surface area contributed by atoms with Gasteiger partial charge < -0.3 is 0 Å². The maximum atomic E-state index is 2.50. The summed E-state index contributed by atoms with van der Waals surface area (Å²) in [6, 6.07) is 68.8. The molecule has 61 heavy (non-hydrogen) atoms. The summed E-state index contributed by atoms with van der Waals surface area (Å²) >= 11 is 1.94. The number of thiophene rings is 1. The van der Waals surface area contributed by atoms with Gasteiger partial charge in [0.15, 0.2) is 0 Å². The first kappa shape index (κ1) is 35.0. The molecule has 13 rings (SSSR count). The highest BCUT2D eigenvalue weighted by atomic mass is 32.1. The molecule has 0 saturated carbocycles. The third-order valence-corrected chi connectivity index (χ3v) is 15.6. The van der Waals surface area contributed by atoms with E-state index in [1.54, 1.807) is 0 Å². The molecule has 1 heterocycles. The first-order valence-corrected chi connectivity index (χ1v) is 22.4. The van der Waals surface area contributed by atoms with Gasteiger partial charge >= 0.3 is 0 Å². The summed E-state index contributed by atoms with van der Waals surface area (Å²) in [5, 5.41) is 10.6. The quantitative estimate of drug-likeness (QED) is 0.156. The van der Waals surface area contributed by atoms with Crippen LogP contribution in [0.2, 0.25) is 0 Å². The Labute approximate surface area is 360 Å². The fourth-order valence-electron chi connectivity index (χ4n) is 11.5. The Balaban J connectivity index is 0.932. The zero-order chi connectivity index (χ0) is 40.8. The van der Waals surface area contributed by atoms with Crippen molar-refractivity contribution in [3.05, 3.63) is 204 Å². The van der Waals surface area contributed by atoms with Crippen LogP contribution in [0.1, 0.15) is 49.9 Å². The fourth-order valence-corrected chi connectivity index (χ4v) is 12.8. The highest BCUT2D eigenvalue weighted by Gasteiger charge is 2.39. The predicted molar refractivity (Wildman–Crippen MR) is 263 cm³/mol. The number of hydrogen-bond acceptors (Lipinski definition) is 1. The number of benzene rings is 10. The molecule has 1 aromatic heterocycles. The lowest BCUT2D eigenvalue weighted by Crippen LogP contribution is -2.15. The molecule has 11 aromatic rings. The first-order chi connectivity index (χ1) is 29.8. The van der Waals surface area contributed by atoms with Gasteiger partial charge in [0, 0.05) is 36.4 Å². The molecule has 0 aliphatic heterocycles. The van der Waals surface area contributed by atoms with Crippen LogP contribution < -0.4 is 0 Å². The van der Waals surface area contributed by atoms with Crippen LogP contribution in [0.15, 0.2) is 182 Å². The summed E-state index contributed by atoms with van der Waals surface area (Å²) in [4.78, 5) is 0. The van der Waals surface area contributed by atoms with Crippen molar-refractivity contribution in [2.45, 2.75) is 38.5 Å². The SMILES string of the molecule is CC1(C)c2cc(-c3ccc4c(c3)-c3ccc5ccc6c7ccccc7sc6c5c3C4(C)C)ccc2-c2ccc(-c3c4ccccc4c(-c4ccccc4)c4ccccc34)cc21. The fraction of sp³-hybridized carbons (Fsp3) is 0.100. The Kier molecular flexibility index (Phi) is 7.11. The van der Waals surface area contributed by atoms with E-state index >= 15 is 0 Å². The molecular weight excluding hydrogens is 753 g/mol. The van der Waals surface area contributed by atoms with Crippen molar-refractivity contribution in [1.29, 1.82) is 0 Å². The third kappa shape index (κ3) is 4.76. The van der Waals surface area contributed by atoms with Crippen LogP contribution in [0.4, 0.5) is 0 Å². The summed E-state index contributed by atoms with van der Waals surface area (Å²) in [5.41, 5.74) is 18.5. The molecule has 0 radical (unpaired) electrons. The van der Waals surface area contributed by atoms with Crippen molar-refractivity contribution in [1.82, 2.24) is 0 Å². The smallest absolute Gasteiger partial charge is 0.0437 e. The van der Waals surface area contributed by atoms with Crippen LogP contribution in [0, 0.1) is 0 Å². The van der Waals surface area contributed by atoms with Gasteiger partial charge in [0.2, 0.25) is 0 Å². The Bertz CT molecular complexity index is 3630. The van der Waals surface area contributed by atoms with Gasteiger partial charge in [-0.1, -0.05) is 185 Å². The molecule has 2 aliphatic carbocycles. The van der Waals surface area contributed by atoms with Crippen LogP contribution in [0.25, 0.3) is 108 Å². The second-order valence-corrected chi connectivity index (χ2v) is 19.4. The molecule has 10 aromatic carbocycles. The third-order valence-electron chi connectivity index (χ3n) is 14.4. The van der Waals surface area contributed by atoms with Gasteiger partial charge in [0.05, 0.1) is 0 Å². The van der Waals surface area contributed by atoms with E-state index in [1.165, 1.54) is 130 Å². The lowest BCUT2D eigenvalue weighted by atomic mass is 9.79. The standard InChI is InChI=1S/C60H42S/c1-59(2)51-33-38(37-26-31-50-49(32-37)47-29-22-36-23-30-48-42-16-12-13-21-53(42)61-58(48)56(36)57(47)60(50,3)4)24-27-40(51)41-28-25-39(34-52(41)59)55-45-19-10-8-17-43(45)54(35-14-6-5-7-15-35)44-18-9-11-20-46(44)55/h5-34H,1-4H3. The summed E-state index contributed by atoms with van der Waals surface area (Å²) in [6.45, 7) is 9.69. The van der Waals surface area contributed by atoms with E-state index in [1.807, 2.05) is 11.3 Å². The molecule has 0 spiro atoms. The zero-order valence-electron chi connectivity index (χ0n) is 34.7. The lowest BCUT2D eigenvalue weighted by molar-refractivity contribution is 0.661. The highest BCUT2D eigenvalue weighted by molar-refractivity contribution is 7.26. The van der Waals surface area contributed by atoms with Crippen molar-refractivity contribution < 1.29 is 0 Å². The maximum absolute atomic E-state index is 2.50. The van der Waals surface area contributed by atoms with Gasteiger partial charge in [0.1, 0.15) is 0 Å². The first-order valence-electron chi connectivity index (χ1n) is 21.6. The topological polar surface area (TPSA) is 0 Å². The number of fused-ring (bicyclic) bond motifs is 14. The van der Waals surface area contributed by atoms with E-state index in [0.717, 1.165) is 0 Å². The summed E-state index contributed by atoms with van der Waals surface area (Å²) in [6.07, 6.45) is 0. The van der Waals surface area contributed by atoms with Crippen LogP contribution >= 0.6 is 11.3 Å². The minimum Gasteiger partial charge on any atom is -0.135 e. The van der Waals surface area contributed by atoms with Crippen LogP contribution in [0.5, 0.6) is 0 Å². The Morgan fingerprint density at radius 3 is 1.56 bits per heavy atom. The Morgan fingerprint density at radius 2 is 0.869 bits per heavy atom. The van der Waals surface area contributed by atoms with E-state index in [0.29, 0.717) is 0 Å². The van der Waals surface area contributed by atoms with Gasteiger partial charge in [-0.25, -0.2) is 0 Å². The molecule has 0 nitrogen and oxygen atoms in total. The van der Waals surface area contributed by atoms with E-state index in [2.05, 4.69) is 210 Å². The van der Waals surface area contributed by atoms with Crippen molar-refractivity contribution in [2.75, 3.05) is 0 Å². The predicted octanol–water partition coefficient (Wildman–Crippen LogP) is 17.1. The molecular formula is C60H42S. The lowest BCUT2D eigenvalue weighted by Gasteiger charge is -2.24. The second-order valence-electron chi connectivity index (χ2n) is 18.4. The second kappa shape index (κ2) is 12.4. The van der Waals surface area contributed by atoms with Gasteiger partial charge in [-0.05, 0) is 129 Å². The summed E-state index contributed by atoms with van der Waals surface area (Å²) in [5.74, 6) is 0. The van der Waals surface area contributed by atoms with Crippen molar-refractivity contribution in [3.63, 3.8) is 0 Å². The van der Waals surface area contributed by atoms with Gasteiger partial charge in [-0.15, -0.1) is 11.3 Å². The summed E-state index contributed by atoms with van der Waals surface area (Å²) in [7, 11) is 0. The van der Waals surface area contributed by atoms with Crippen molar-refractivity contribution in [3.8, 4) is 55.6 Å². The van der Waals surface area contributed by atoms with Crippen LogP contribution in [-0.2, 0) is 10.8 Å². The molecule has 0 bridgehead atoms. The van der Waals surface area contributed by atoms with Crippen LogP contribution in [-0.4, -0.2) is 0 Å². The summed E-state index contributed by atoms with van der Waals surface area (Å²) < 4.78 is 2.77. The zero-order valence-corrected chi connectivity index (χ0v) is 35.5. The molecule has 2 aliphatic rings. The van der Waals surface area contributed by atoms with E-state index < -0.39 is 0 Å². The maximum Gasteiger partial charge on any atom is 0.0437 e. The minimum absolute atomic E-state index is 0.120. The van der Waals surface area contributed by atoms with E-state index in [4.69, 9.17) is 0 Å². The average Bonchev–Trinajstić information content (AvgIpc) is 3.87. The van der Waals surface area contributed by atoms with E-state index in [-0.39, 0.29) is 10.8 Å². The van der Waals surface area contributed by atoms with E-state index in [9.17, 15) is 0 Å².